The molecule has 1 unspecified atom stereocenters. The summed E-state index contributed by atoms with van der Waals surface area (Å²) in [6.07, 6.45) is 3.52. The van der Waals surface area contributed by atoms with Crippen molar-refractivity contribution in [1.82, 2.24) is 15.2 Å². The fourth-order valence-electron chi connectivity index (χ4n) is 3.05. The van der Waals surface area contributed by atoms with E-state index in [1.54, 1.807) is 0 Å². The lowest BCUT2D eigenvalue weighted by Crippen LogP contribution is -2.18. The number of aromatic nitrogens is 3. The van der Waals surface area contributed by atoms with Gasteiger partial charge in [0.2, 0.25) is 17.3 Å². The fourth-order valence-corrected chi connectivity index (χ4v) is 3.71. The Balaban J connectivity index is 1.78. The molecule has 0 radical (unpaired) electrons. The molecule has 0 bridgehead atoms. The second-order valence-corrected chi connectivity index (χ2v) is 8.21. The minimum Gasteiger partial charge on any atom is -0.493 e. The number of benzene rings is 2. The van der Waals surface area contributed by atoms with Crippen LogP contribution in [0.25, 0.3) is 11.3 Å². The lowest BCUT2D eigenvalue weighted by atomic mass is 10.1. The van der Waals surface area contributed by atoms with E-state index in [9.17, 15) is 0 Å². The molecule has 29 heavy (non-hydrogen) atoms. The lowest BCUT2D eigenvalue weighted by Gasteiger charge is -2.22. The van der Waals surface area contributed by atoms with Crippen molar-refractivity contribution < 1.29 is 9.47 Å². The van der Waals surface area contributed by atoms with Gasteiger partial charge < -0.3 is 14.8 Å². The molecule has 1 atom stereocenters. The van der Waals surface area contributed by atoms with Gasteiger partial charge in [-0.15, -0.1) is 10.2 Å². The van der Waals surface area contributed by atoms with Crippen LogP contribution in [0.4, 0.5) is 5.69 Å². The molecule has 8 heteroatoms. The number of halogens is 1. The molecule has 2 heterocycles. The number of nitrogens with zero attached hydrogens (tertiary/aromatic N) is 3. The van der Waals surface area contributed by atoms with Crippen molar-refractivity contribution in [3.63, 3.8) is 0 Å². The number of para-hydroxylation sites is 1. The quantitative estimate of drug-likeness (QED) is 0.364. The van der Waals surface area contributed by atoms with Crippen molar-refractivity contribution in [2.24, 2.45) is 0 Å². The van der Waals surface area contributed by atoms with Crippen LogP contribution in [0.1, 0.15) is 31.6 Å². The highest BCUT2D eigenvalue weighted by Crippen LogP contribution is 2.42. The summed E-state index contributed by atoms with van der Waals surface area (Å²) >= 11 is 4.97. The summed E-state index contributed by atoms with van der Waals surface area (Å²) in [6.45, 7) is 2.81. The zero-order valence-corrected chi connectivity index (χ0v) is 18.6. The second kappa shape index (κ2) is 9.00. The minimum atomic E-state index is -0.472. The molecule has 1 aliphatic rings. The maximum atomic E-state index is 6.32. The van der Waals surface area contributed by atoms with Crippen LogP contribution in [0.5, 0.6) is 11.6 Å². The molecule has 3 aromatic rings. The molecule has 0 amide bonds. The van der Waals surface area contributed by atoms with Crippen LogP contribution in [-0.2, 0) is 0 Å². The van der Waals surface area contributed by atoms with E-state index in [1.807, 2.05) is 48.7 Å². The number of rotatable bonds is 6. The Hall–Kier alpha value is -2.32. The molecule has 150 valence electrons. The van der Waals surface area contributed by atoms with E-state index in [2.05, 4.69) is 43.4 Å². The highest BCUT2D eigenvalue weighted by atomic mass is 79.9. The van der Waals surface area contributed by atoms with Gasteiger partial charge in [0.15, 0.2) is 5.69 Å². The fraction of sp³-hybridized carbons (Fsp3) is 0.286. The third-order valence-corrected chi connectivity index (χ3v) is 5.56. The van der Waals surface area contributed by atoms with Crippen LogP contribution < -0.4 is 14.8 Å². The van der Waals surface area contributed by atoms with Gasteiger partial charge in [0, 0.05) is 15.7 Å². The van der Waals surface area contributed by atoms with E-state index in [0.29, 0.717) is 23.3 Å². The Morgan fingerprint density at radius 1 is 1.21 bits per heavy atom. The zero-order valence-electron chi connectivity index (χ0n) is 16.2. The predicted octanol–water partition coefficient (Wildman–Crippen LogP) is 5.71. The van der Waals surface area contributed by atoms with Crippen LogP contribution in [0.2, 0.25) is 0 Å². The third-order valence-electron chi connectivity index (χ3n) is 4.53. The maximum absolute atomic E-state index is 6.32. The standard InChI is InChI=1S/C21H21BrN4O2S/c1-3-4-11-27-17-8-6-5-7-14(17)19-23-16-10-9-13(22)12-15(16)18-20(28-19)24-21(29-2)26-25-18/h5-10,12,19,23H,3-4,11H2,1-2H3. The average Bonchev–Trinajstić information content (AvgIpc) is 2.90. The third kappa shape index (κ3) is 4.33. The van der Waals surface area contributed by atoms with Crippen LogP contribution >= 0.6 is 27.7 Å². The summed E-state index contributed by atoms with van der Waals surface area (Å²) in [6, 6.07) is 13.9. The van der Waals surface area contributed by atoms with Crippen molar-refractivity contribution in [3.8, 4) is 22.9 Å². The van der Waals surface area contributed by atoms with Crippen LogP contribution in [0, 0.1) is 0 Å². The zero-order chi connectivity index (χ0) is 20.2. The lowest BCUT2D eigenvalue weighted by molar-refractivity contribution is 0.215. The summed E-state index contributed by atoms with van der Waals surface area (Å²) < 4.78 is 13.3. The van der Waals surface area contributed by atoms with Crippen molar-refractivity contribution in [1.29, 1.82) is 0 Å². The number of nitrogens with one attached hydrogen (secondary N) is 1. The van der Waals surface area contributed by atoms with Gasteiger partial charge in [-0.1, -0.05) is 53.2 Å². The van der Waals surface area contributed by atoms with Gasteiger partial charge >= 0.3 is 0 Å². The van der Waals surface area contributed by atoms with Gasteiger partial charge in [0.25, 0.3) is 0 Å². The summed E-state index contributed by atoms with van der Waals surface area (Å²) in [4.78, 5) is 4.57. The highest BCUT2D eigenvalue weighted by molar-refractivity contribution is 9.10. The summed E-state index contributed by atoms with van der Waals surface area (Å²) in [7, 11) is 0. The Morgan fingerprint density at radius 2 is 2.07 bits per heavy atom. The van der Waals surface area contributed by atoms with E-state index < -0.39 is 6.23 Å². The monoisotopic (exact) mass is 472 g/mol. The first kappa shape index (κ1) is 20.0. The molecular formula is C21H21BrN4O2S. The smallest absolute Gasteiger partial charge is 0.247 e. The summed E-state index contributed by atoms with van der Waals surface area (Å²) in [5.74, 6) is 1.25. The topological polar surface area (TPSA) is 69.2 Å². The van der Waals surface area contributed by atoms with E-state index >= 15 is 0 Å². The molecule has 4 rings (SSSR count). The first-order chi connectivity index (χ1) is 14.2. The molecule has 1 aliphatic heterocycles. The molecule has 0 fully saturated rings. The summed E-state index contributed by atoms with van der Waals surface area (Å²) in [5.41, 5.74) is 3.30. The van der Waals surface area contributed by atoms with E-state index in [0.717, 1.165) is 39.9 Å². The van der Waals surface area contributed by atoms with Crippen molar-refractivity contribution in [2.45, 2.75) is 31.1 Å². The number of ether oxygens (including phenoxy) is 2. The van der Waals surface area contributed by atoms with Crippen molar-refractivity contribution >= 4 is 33.4 Å². The van der Waals surface area contributed by atoms with E-state index in [4.69, 9.17) is 9.47 Å². The molecule has 6 nitrogen and oxygen atoms in total. The molecule has 2 aromatic carbocycles. The second-order valence-electron chi connectivity index (χ2n) is 6.52. The molecular weight excluding hydrogens is 452 g/mol. The number of anilines is 1. The highest BCUT2D eigenvalue weighted by Gasteiger charge is 2.28. The number of thioether (sulfide) groups is 1. The Labute approximate surface area is 182 Å². The minimum absolute atomic E-state index is 0.446. The van der Waals surface area contributed by atoms with Gasteiger partial charge in [-0.3, -0.25) is 0 Å². The van der Waals surface area contributed by atoms with Gasteiger partial charge in [-0.05, 0) is 43.0 Å². The van der Waals surface area contributed by atoms with Crippen LogP contribution in [-0.4, -0.2) is 28.0 Å². The van der Waals surface area contributed by atoms with Gasteiger partial charge in [-0.2, -0.15) is 4.98 Å². The van der Waals surface area contributed by atoms with Crippen molar-refractivity contribution in [3.05, 3.63) is 52.5 Å². The number of hydrogen-bond acceptors (Lipinski definition) is 7. The molecule has 1 N–H and O–H groups in total. The normalized spacial score (nSPS) is 14.8. The first-order valence-electron chi connectivity index (χ1n) is 9.43. The molecule has 0 saturated heterocycles. The number of hydrogen-bond donors (Lipinski definition) is 1. The largest absolute Gasteiger partial charge is 0.493 e. The van der Waals surface area contributed by atoms with Crippen LogP contribution in [0.3, 0.4) is 0 Å². The predicted molar refractivity (Wildman–Crippen MR) is 119 cm³/mol. The molecule has 0 aliphatic carbocycles. The SMILES string of the molecule is CCCCOc1ccccc1C1Nc2ccc(Br)cc2-c2nnc(SC)nc2O1. The Bertz CT molecular complexity index is 1020. The first-order valence-corrected chi connectivity index (χ1v) is 11.4. The van der Waals surface area contributed by atoms with Gasteiger partial charge in [0.05, 0.1) is 12.2 Å². The number of fused-ring (bicyclic) bond motifs is 3. The molecule has 0 spiro atoms. The Morgan fingerprint density at radius 3 is 2.90 bits per heavy atom. The Kier molecular flexibility index (Phi) is 6.20. The average molecular weight is 473 g/mol. The molecule has 1 aromatic heterocycles. The van der Waals surface area contributed by atoms with Gasteiger partial charge in [-0.25, -0.2) is 0 Å². The maximum Gasteiger partial charge on any atom is 0.247 e. The summed E-state index contributed by atoms with van der Waals surface area (Å²) in [5, 5.41) is 12.6. The van der Waals surface area contributed by atoms with E-state index in [1.165, 1.54) is 11.8 Å². The van der Waals surface area contributed by atoms with Gasteiger partial charge in [0.1, 0.15) is 5.75 Å². The van der Waals surface area contributed by atoms with Crippen LogP contribution in [0.15, 0.2) is 52.1 Å². The number of unbranched alkanes of at least 4 members (excludes halogenated alkanes) is 1. The molecule has 0 saturated carbocycles. The van der Waals surface area contributed by atoms with E-state index in [-0.39, 0.29) is 0 Å². The van der Waals surface area contributed by atoms with Crippen molar-refractivity contribution in [2.75, 3.05) is 18.2 Å².